The number of unbranched alkanes of at least 4 members (excludes halogenated alkanes) is 1. The Morgan fingerprint density at radius 2 is 2.22 bits per heavy atom. The van der Waals surface area contributed by atoms with Gasteiger partial charge in [0, 0.05) is 13.2 Å². The molecule has 0 aromatic carbocycles. The molecular formula is C8H16O. The minimum Gasteiger partial charge on any atom is -0.381 e. The van der Waals surface area contributed by atoms with Crippen LogP contribution in [0.5, 0.6) is 0 Å². The Morgan fingerprint density at radius 3 is 2.78 bits per heavy atom. The second-order valence-electron chi connectivity index (χ2n) is 2.87. The molecule has 1 aliphatic carbocycles. The van der Waals surface area contributed by atoms with Crippen LogP contribution >= 0.6 is 0 Å². The third kappa shape index (κ3) is 3.52. The van der Waals surface area contributed by atoms with Crippen LogP contribution in [-0.4, -0.2) is 13.2 Å². The Hall–Kier alpha value is -0.0400. The molecular weight excluding hydrogens is 112 g/mol. The van der Waals surface area contributed by atoms with Crippen molar-refractivity contribution >= 4 is 0 Å². The smallest absolute Gasteiger partial charge is 0.0494 e. The number of hydrogen-bond acceptors (Lipinski definition) is 1. The first-order chi connectivity index (χ1) is 4.43. The van der Waals surface area contributed by atoms with E-state index in [2.05, 4.69) is 6.92 Å². The molecule has 1 nitrogen and oxygen atoms in total. The van der Waals surface area contributed by atoms with E-state index in [0.717, 1.165) is 19.1 Å². The maximum absolute atomic E-state index is 5.40. The zero-order valence-electron chi connectivity index (χ0n) is 6.23. The predicted molar refractivity (Wildman–Crippen MR) is 38.5 cm³/mol. The summed E-state index contributed by atoms with van der Waals surface area (Å²) in [7, 11) is 0. The maximum Gasteiger partial charge on any atom is 0.0494 e. The van der Waals surface area contributed by atoms with Crippen LogP contribution in [0.2, 0.25) is 0 Å². The molecule has 0 heterocycles. The summed E-state index contributed by atoms with van der Waals surface area (Å²) in [4.78, 5) is 0. The highest BCUT2D eigenvalue weighted by Crippen LogP contribution is 2.28. The van der Waals surface area contributed by atoms with Gasteiger partial charge in [-0.3, -0.25) is 0 Å². The first kappa shape index (κ1) is 7.07. The van der Waals surface area contributed by atoms with E-state index in [1.807, 2.05) is 0 Å². The van der Waals surface area contributed by atoms with E-state index in [1.54, 1.807) is 0 Å². The fraction of sp³-hybridized carbons (Fsp3) is 1.00. The molecule has 0 unspecified atom stereocenters. The topological polar surface area (TPSA) is 9.23 Å². The zero-order valence-corrected chi connectivity index (χ0v) is 6.23. The summed E-state index contributed by atoms with van der Waals surface area (Å²) in [5.74, 6) is 0.932. The van der Waals surface area contributed by atoms with Crippen molar-refractivity contribution in [1.29, 1.82) is 0 Å². The van der Waals surface area contributed by atoms with Gasteiger partial charge in [0.05, 0.1) is 0 Å². The molecule has 0 radical (unpaired) electrons. The molecule has 0 aromatic heterocycles. The second-order valence-corrected chi connectivity index (χ2v) is 2.87. The van der Waals surface area contributed by atoms with E-state index < -0.39 is 0 Å². The predicted octanol–water partition coefficient (Wildman–Crippen LogP) is 2.21. The lowest BCUT2D eigenvalue weighted by Gasteiger charge is -1.99. The maximum atomic E-state index is 5.40. The van der Waals surface area contributed by atoms with Crippen molar-refractivity contribution in [2.75, 3.05) is 13.2 Å². The molecule has 0 spiro atoms. The summed E-state index contributed by atoms with van der Waals surface area (Å²) in [5, 5.41) is 0. The summed E-state index contributed by atoms with van der Waals surface area (Å²) in [5.41, 5.74) is 0. The normalized spacial score (nSPS) is 18.3. The SMILES string of the molecule is CCCCOCC1CC1. The fourth-order valence-electron chi connectivity index (χ4n) is 0.781. The van der Waals surface area contributed by atoms with Crippen LogP contribution in [0.1, 0.15) is 32.6 Å². The first-order valence-corrected chi connectivity index (χ1v) is 4.01. The van der Waals surface area contributed by atoms with E-state index in [-0.39, 0.29) is 0 Å². The summed E-state index contributed by atoms with van der Waals surface area (Å²) < 4.78 is 5.40. The van der Waals surface area contributed by atoms with Crippen molar-refractivity contribution in [2.45, 2.75) is 32.6 Å². The summed E-state index contributed by atoms with van der Waals surface area (Å²) in [6.07, 6.45) is 5.30. The molecule has 0 saturated heterocycles. The van der Waals surface area contributed by atoms with Gasteiger partial charge in [0.15, 0.2) is 0 Å². The number of ether oxygens (including phenoxy) is 1. The van der Waals surface area contributed by atoms with Crippen LogP contribution in [-0.2, 0) is 4.74 Å². The van der Waals surface area contributed by atoms with Crippen molar-refractivity contribution in [3.63, 3.8) is 0 Å². The third-order valence-electron chi connectivity index (χ3n) is 1.69. The second kappa shape index (κ2) is 3.89. The van der Waals surface area contributed by atoms with E-state index in [0.29, 0.717) is 0 Å². The van der Waals surface area contributed by atoms with Crippen LogP contribution in [0.4, 0.5) is 0 Å². The molecule has 0 aromatic rings. The molecule has 0 atom stereocenters. The van der Waals surface area contributed by atoms with Crippen molar-refractivity contribution in [2.24, 2.45) is 5.92 Å². The van der Waals surface area contributed by atoms with Gasteiger partial charge in [-0.15, -0.1) is 0 Å². The lowest BCUT2D eigenvalue weighted by Crippen LogP contribution is -1.97. The summed E-state index contributed by atoms with van der Waals surface area (Å²) in [6.45, 7) is 4.20. The summed E-state index contributed by atoms with van der Waals surface area (Å²) in [6, 6.07) is 0. The van der Waals surface area contributed by atoms with Crippen molar-refractivity contribution in [3.8, 4) is 0 Å². The highest BCUT2D eigenvalue weighted by Gasteiger charge is 2.20. The van der Waals surface area contributed by atoms with Gasteiger partial charge in [-0.2, -0.15) is 0 Å². The van der Waals surface area contributed by atoms with Gasteiger partial charge in [-0.05, 0) is 25.2 Å². The standard InChI is InChI=1S/C8H16O/c1-2-3-6-9-7-8-4-5-8/h8H,2-7H2,1H3. The van der Waals surface area contributed by atoms with E-state index in [9.17, 15) is 0 Å². The number of hydrogen-bond donors (Lipinski definition) is 0. The number of rotatable bonds is 5. The molecule has 1 rings (SSSR count). The molecule has 9 heavy (non-hydrogen) atoms. The van der Waals surface area contributed by atoms with Crippen LogP contribution in [0.15, 0.2) is 0 Å². The Balaban J connectivity index is 1.71. The average Bonchev–Trinajstić information content (AvgIpc) is 2.63. The molecule has 1 aliphatic rings. The molecule has 54 valence electrons. The molecule has 1 heteroatoms. The zero-order chi connectivity index (χ0) is 6.53. The van der Waals surface area contributed by atoms with Crippen molar-refractivity contribution in [3.05, 3.63) is 0 Å². The van der Waals surface area contributed by atoms with Crippen molar-refractivity contribution in [1.82, 2.24) is 0 Å². The molecule has 1 saturated carbocycles. The molecule has 0 bridgehead atoms. The highest BCUT2D eigenvalue weighted by atomic mass is 16.5. The van der Waals surface area contributed by atoms with Crippen LogP contribution in [0.25, 0.3) is 0 Å². The van der Waals surface area contributed by atoms with Gasteiger partial charge < -0.3 is 4.74 Å². The lowest BCUT2D eigenvalue weighted by molar-refractivity contribution is 0.121. The van der Waals surface area contributed by atoms with Gasteiger partial charge in [0.2, 0.25) is 0 Å². The fourth-order valence-corrected chi connectivity index (χ4v) is 0.781. The van der Waals surface area contributed by atoms with Gasteiger partial charge in [0.1, 0.15) is 0 Å². The van der Waals surface area contributed by atoms with Gasteiger partial charge >= 0.3 is 0 Å². The van der Waals surface area contributed by atoms with Gasteiger partial charge in [-0.1, -0.05) is 13.3 Å². The lowest BCUT2D eigenvalue weighted by atomic mass is 10.4. The molecule has 0 amide bonds. The molecule has 0 N–H and O–H groups in total. The Morgan fingerprint density at radius 1 is 1.44 bits per heavy atom. The Kier molecular flexibility index (Phi) is 3.05. The van der Waals surface area contributed by atoms with Gasteiger partial charge in [-0.25, -0.2) is 0 Å². The summed E-state index contributed by atoms with van der Waals surface area (Å²) >= 11 is 0. The van der Waals surface area contributed by atoms with E-state index >= 15 is 0 Å². The Bertz CT molecular complexity index is 67.0. The van der Waals surface area contributed by atoms with Crippen LogP contribution in [0.3, 0.4) is 0 Å². The largest absolute Gasteiger partial charge is 0.381 e. The van der Waals surface area contributed by atoms with Crippen LogP contribution < -0.4 is 0 Å². The van der Waals surface area contributed by atoms with E-state index in [4.69, 9.17) is 4.74 Å². The average molecular weight is 128 g/mol. The minimum atomic E-state index is 0.932. The Labute approximate surface area is 57.4 Å². The third-order valence-corrected chi connectivity index (χ3v) is 1.69. The van der Waals surface area contributed by atoms with Gasteiger partial charge in [0.25, 0.3) is 0 Å². The minimum absolute atomic E-state index is 0.932. The van der Waals surface area contributed by atoms with Crippen molar-refractivity contribution < 1.29 is 4.74 Å². The highest BCUT2D eigenvalue weighted by molar-refractivity contribution is 4.71. The quantitative estimate of drug-likeness (QED) is 0.516. The van der Waals surface area contributed by atoms with E-state index in [1.165, 1.54) is 25.7 Å². The monoisotopic (exact) mass is 128 g/mol. The molecule has 0 aliphatic heterocycles. The molecule has 1 fully saturated rings. The first-order valence-electron chi connectivity index (χ1n) is 4.01. The van der Waals surface area contributed by atoms with Crippen LogP contribution in [0, 0.1) is 5.92 Å².